The number of nitrogens with zero attached hydrogens (tertiary/aromatic N) is 4. The van der Waals surface area contributed by atoms with Crippen LogP contribution in [-0.2, 0) is 23.3 Å². The fraction of sp³-hybridized carbons (Fsp3) is 0.105. The minimum absolute atomic E-state index is 0.249. The molecule has 4 rings (SSSR count). The summed E-state index contributed by atoms with van der Waals surface area (Å²) in [6.07, 6.45) is 3.37. The summed E-state index contributed by atoms with van der Waals surface area (Å²) in [6.45, 7) is 0.274. The van der Waals surface area contributed by atoms with Crippen LogP contribution in [0.4, 0.5) is 0 Å². The fourth-order valence-corrected chi connectivity index (χ4v) is 4.27. The number of rotatable bonds is 4. The topological polar surface area (TPSA) is 93.6 Å². The minimum atomic E-state index is -3.15. The van der Waals surface area contributed by atoms with Gasteiger partial charge in [-0.15, -0.1) is 0 Å². The Labute approximate surface area is 155 Å². The maximum atomic E-state index is 13.0. The van der Waals surface area contributed by atoms with Crippen LogP contribution < -0.4 is 5.56 Å². The van der Waals surface area contributed by atoms with Gasteiger partial charge in [-0.05, 0) is 36.4 Å². The molecular formula is C19H17N5O2S. The Hall–Kier alpha value is -3.26. The SMILES string of the molecule is Cn1ccc(Cn2ncc3cc(S(=N)(=O)c4ccccc4)ccc3c2=O)n1. The molecule has 136 valence electrons. The van der Waals surface area contributed by atoms with E-state index in [1.807, 2.05) is 25.4 Å². The Morgan fingerprint density at radius 2 is 1.85 bits per heavy atom. The van der Waals surface area contributed by atoms with Crippen molar-refractivity contribution >= 4 is 20.5 Å². The van der Waals surface area contributed by atoms with E-state index in [-0.39, 0.29) is 12.1 Å². The van der Waals surface area contributed by atoms with Crippen molar-refractivity contribution in [3.63, 3.8) is 0 Å². The van der Waals surface area contributed by atoms with Gasteiger partial charge >= 0.3 is 0 Å². The number of aryl methyl sites for hydroxylation is 1. The molecule has 4 aromatic rings. The first-order chi connectivity index (χ1) is 12.9. The van der Waals surface area contributed by atoms with E-state index in [2.05, 4.69) is 10.2 Å². The molecule has 2 heterocycles. The molecule has 1 N–H and O–H groups in total. The lowest BCUT2D eigenvalue weighted by molar-refractivity contribution is 0.621. The van der Waals surface area contributed by atoms with Crippen molar-refractivity contribution in [3.05, 3.63) is 83.0 Å². The van der Waals surface area contributed by atoms with Gasteiger partial charge in [0.1, 0.15) is 9.73 Å². The number of fused-ring (bicyclic) bond motifs is 1. The lowest BCUT2D eigenvalue weighted by atomic mass is 10.2. The predicted molar refractivity (Wildman–Crippen MR) is 102 cm³/mol. The van der Waals surface area contributed by atoms with E-state index in [1.165, 1.54) is 4.68 Å². The van der Waals surface area contributed by atoms with Crippen LogP contribution in [0.25, 0.3) is 10.8 Å². The molecular weight excluding hydrogens is 362 g/mol. The highest BCUT2D eigenvalue weighted by atomic mass is 32.2. The van der Waals surface area contributed by atoms with Crippen molar-refractivity contribution < 1.29 is 4.21 Å². The third-order valence-electron chi connectivity index (χ3n) is 4.31. The summed E-state index contributed by atoms with van der Waals surface area (Å²) < 4.78 is 24.3. The monoisotopic (exact) mass is 379 g/mol. The van der Waals surface area contributed by atoms with Gasteiger partial charge in [-0.25, -0.2) is 13.7 Å². The van der Waals surface area contributed by atoms with Crippen LogP contribution in [0.2, 0.25) is 0 Å². The van der Waals surface area contributed by atoms with Crippen LogP contribution in [0.3, 0.4) is 0 Å². The van der Waals surface area contributed by atoms with Gasteiger partial charge in [-0.1, -0.05) is 18.2 Å². The zero-order valence-corrected chi connectivity index (χ0v) is 15.4. The number of hydrogen-bond acceptors (Lipinski definition) is 5. The van der Waals surface area contributed by atoms with Crippen molar-refractivity contribution in [3.8, 4) is 0 Å². The summed E-state index contributed by atoms with van der Waals surface area (Å²) >= 11 is 0. The minimum Gasteiger partial charge on any atom is -0.275 e. The molecule has 0 spiro atoms. The lowest BCUT2D eigenvalue weighted by Crippen LogP contribution is -2.23. The zero-order valence-electron chi connectivity index (χ0n) is 14.6. The largest absolute Gasteiger partial charge is 0.275 e. The molecule has 0 aliphatic carbocycles. The van der Waals surface area contributed by atoms with Gasteiger partial charge < -0.3 is 0 Å². The summed E-state index contributed by atoms with van der Waals surface area (Å²) in [5.74, 6) is 0. The first-order valence-electron chi connectivity index (χ1n) is 8.27. The van der Waals surface area contributed by atoms with Crippen molar-refractivity contribution in [2.45, 2.75) is 16.3 Å². The Morgan fingerprint density at radius 1 is 1.07 bits per heavy atom. The molecule has 1 atom stereocenters. The van der Waals surface area contributed by atoms with Crippen LogP contribution in [0.15, 0.2) is 81.6 Å². The molecule has 27 heavy (non-hydrogen) atoms. The van der Waals surface area contributed by atoms with Gasteiger partial charge in [-0.2, -0.15) is 10.2 Å². The number of hydrogen-bond donors (Lipinski definition) is 1. The van der Waals surface area contributed by atoms with Gasteiger partial charge in [0.2, 0.25) is 0 Å². The Bertz CT molecular complexity index is 1290. The third kappa shape index (κ3) is 3.15. The highest BCUT2D eigenvalue weighted by Crippen LogP contribution is 2.23. The molecule has 1 unspecified atom stereocenters. The van der Waals surface area contributed by atoms with Crippen LogP contribution in [-0.4, -0.2) is 23.8 Å². The molecule has 0 aliphatic rings. The second-order valence-electron chi connectivity index (χ2n) is 6.21. The van der Waals surface area contributed by atoms with E-state index in [0.717, 1.165) is 5.69 Å². The van der Waals surface area contributed by atoms with Crippen molar-refractivity contribution in [1.29, 1.82) is 4.78 Å². The number of aromatic nitrogens is 4. The maximum absolute atomic E-state index is 13.0. The van der Waals surface area contributed by atoms with Crippen molar-refractivity contribution in [1.82, 2.24) is 19.6 Å². The smallest absolute Gasteiger partial charge is 0.274 e. The molecule has 0 saturated carbocycles. The van der Waals surface area contributed by atoms with E-state index < -0.39 is 9.73 Å². The number of benzene rings is 2. The lowest BCUT2D eigenvalue weighted by Gasteiger charge is -2.09. The molecule has 0 aliphatic heterocycles. The van der Waals surface area contributed by atoms with Crippen LogP contribution in [0, 0.1) is 4.78 Å². The molecule has 0 fully saturated rings. The van der Waals surface area contributed by atoms with Gasteiger partial charge in [-0.3, -0.25) is 9.48 Å². The van der Waals surface area contributed by atoms with Gasteiger partial charge in [0.05, 0.1) is 33.6 Å². The molecule has 2 aromatic carbocycles. The predicted octanol–water partition coefficient (Wildman–Crippen LogP) is 2.64. The highest BCUT2D eigenvalue weighted by molar-refractivity contribution is 7.92. The molecule has 7 nitrogen and oxygen atoms in total. The van der Waals surface area contributed by atoms with Gasteiger partial charge in [0.15, 0.2) is 0 Å². The summed E-state index contributed by atoms with van der Waals surface area (Å²) in [7, 11) is -1.34. The molecule has 0 radical (unpaired) electrons. The Kier molecular flexibility index (Phi) is 4.12. The Morgan fingerprint density at radius 3 is 2.56 bits per heavy atom. The van der Waals surface area contributed by atoms with Crippen molar-refractivity contribution in [2.75, 3.05) is 0 Å². The molecule has 0 amide bonds. The average Bonchev–Trinajstić information content (AvgIpc) is 3.09. The van der Waals surface area contributed by atoms with E-state index in [9.17, 15) is 9.00 Å². The second kappa shape index (κ2) is 6.48. The highest BCUT2D eigenvalue weighted by Gasteiger charge is 2.15. The first-order valence-corrected chi connectivity index (χ1v) is 9.83. The van der Waals surface area contributed by atoms with Crippen LogP contribution in [0.1, 0.15) is 5.69 Å². The zero-order chi connectivity index (χ0) is 19.0. The molecule has 2 aromatic heterocycles. The maximum Gasteiger partial charge on any atom is 0.274 e. The standard InChI is InChI=1S/C19H17N5O2S/c1-23-10-9-15(22-23)13-24-19(25)18-8-7-17(11-14(18)12-21-24)27(20,26)16-5-3-2-4-6-16/h2-12,20H,13H2,1H3. The van der Waals surface area contributed by atoms with Gasteiger partial charge in [0.25, 0.3) is 5.56 Å². The van der Waals surface area contributed by atoms with E-state index in [4.69, 9.17) is 4.78 Å². The second-order valence-corrected chi connectivity index (χ2v) is 8.26. The summed E-state index contributed by atoms with van der Waals surface area (Å²) in [4.78, 5) is 13.5. The molecule has 0 bridgehead atoms. The Balaban J connectivity index is 1.76. The van der Waals surface area contributed by atoms with Crippen molar-refractivity contribution in [2.24, 2.45) is 7.05 Å². The average molecular weight is 379 g/mol. The van der Waals surface area contributed by atoms with E-state index in [0.29, 0.717) is 20.6 Å². The van der Waals surface area contributed by atoms with Gasteiger partial charge in [0, 0.05) is 18.6 Å². The number of nitrogens with one attached hydrogen (secondary N) is 1. The quantitative estimate of drug-likeness (QED) is 0.590. The normalized spacial score (nSPS) is 13.5. The summed E-state index contributed by atoms with van der Waals surface area (Å²) in [5.41, 5.74) is 0.488. The van der Waals surface area contributed by atoms with E-state index >= 15 is 0 Å². The summed E-state index contributed by atoms with van der Waals surface area (Å²) in [5, 5.41) is 9.50. The molecule has 0 saturated heterocycles. The fourth-order valence-electron chi connectivity index (χ4n) is 2.91. The van der Waals surface area contributed by atoms with Crippen LogP contribution >= 0.6 is 0 Å². The summed E-state index contributed by atoms with van der Waals surface area (Å²) in [6, 6.07) is 15.3. The molecule has 8 heteroatoms. The first kappa shape index (κ1) is 17.2. The van der Waals surface area contributed by atoms with Crippen LogP contribution in [0.5, 0.6) is 0 Å². The third-order valence-corrected chi connectivity index (χ3v) is 6.17. The van der Waals surface area contributed by atoms with E-state index in [1.54, 1.807) is 53.3 Å².